The van der Waals surface area contributed by atoms with E-state index >= 15 is 0 Å². The van der Waals surface area contributed by atoms with Gasteiger partial charge in [-0.1, -0.05) is 28.1 Å². The third-order valence-electron chi connectivity index (χ3n) is 3.00. The van der Waals surface area contributed by atoms with Crippen LogP contribution in [0.5, 0.6) is 5.75 Å². The summed E-state index contributed by atoms with van der Waals surface area (Å²) in [6, 6.07) is 6.15. The van der Waals surface area contributed by atoms with Gasteiger partial charge in [0.05, 0.1) is 0 Å². The molecule has 1 atom stereocenters. The zero-order chi connectivity index (χ0) is 10.3. The van der Waals surface area contributed by atoms with Gasteiger partial charge in [0.2, 0.25) is 0 Å². The predicted octanol–water partition coefficient (Wildman–Crippen LogP) is 2.59. The van der Waals surface area contributed by atoms with Gasteiger partial charge in [-0.25, -0.2) is 0 Å². The summed E-state index contributed by atoms with van der Waals surface area (Å²) in [6.45, 7) is 1.95. The molecule has 1 N–H and O–H groups in total. The van der Waals surface area contributed by atoms with Crippen LogP contribution in [-0.2, 0) is 0 Å². The Morgan fingerprint density at radius 3 is 3.13 bits per heavy atom. The number of ether oxygens (including phenoxy) is 1. The molecule has 1 fully saturated rings. The molecule has 2 aliphatic rings. The lowest BCUT2D eigenvalue weighted by Crippen LogP contribution is -2.37. The molecule has 1 unspecified atom stereocenters. The third-order valence-corrected chi connectivity index (χ3v) is 3.50. The second kappa shape index (κ2) is 3.35. The van der Waals surface area contributed by atoms with Crippen LogP contribution in [0.25, 0.3) is 6.08 Å². The maximum atomic E-state index is 6.08. The van der Waals surface area contributed by atoms with Crippen LogP contribution < -0.4 is 10.1 Å². The molecule has 2 nitrogen and oxygen atoms in total. The molecule has 1 aromatic rings. The van der Waals surface area contributed by atoms with E-state index in [2.05, 4.69) is 39.5 Å². The number of hydrogen-bond acceptors (Lipinski definition) is 2. The van der Waals surface area contributed by atoms with Crippen molar-refractivity contribution < 1.29 is 4.74 Å². The minimum atomic E-state index is -0.103. The van der Waals surface area contributed by atoms with E-state index in [1.165, 1.54) is 0 Å². The first-order chi connectivity index (χ1) is 7.27. The molecule has 2 aliphatic heterocycles. The van der Waals surface area contributed by atoms with Gasteiger partial charge in [-0.2, -0.15) is 0 Å². The van der Waals surface area contributed by atoms with E-state index in [-0.39, 0.29) is 5.60 Å². The van der Waals surface area contributed by atoms with Gasteiger partial charge in [-0.3, -0.25) is 0 Å². The van der Waals surface area contributed by atoms with Crippen molar-refractivity contribution in [2.24, 2.45) is 0 Å². The highest BCUT2D eigenvalue weighted by Crippen LogP contribution is 2.35. The van der Waals surface area contributed by atoms with Gasteiger partial charge in [0.1, 0.15) is 11.4 Å². The zero-order valence-corrected chi connectivity index (χ0v) is 9.88. The Morgan fingerprint density at radius 2 is 2.33 bits per heavy atom. The second-order valence-electron chi connectivity index (χ2n) is 4.11. The number of rotatable bonds is 0. The molecule has 1 aromatic carbocycles. The molecule has 0 aromatic heterocycles. The van der Waals surface area contributed by atoms with E-state index in [1.54, 1.807) is 0 Å². The maximum Gasteiger partial charge on any atom is 0.141 e. The molecule has 3 rings (SSSR count). The quantitative estimate of drug-likeness (QED) is 0.779. The van der Waals surface area contributed by atoms with E-state index in [1.807, 2.05) is 12.1 Å². The Balaban J connectivity index is 2.01. The molecule has 1 spiro atoms. The molecule has 0 bridgehead atoms. The van der Waals surface area contributed by atoms with Crippen LogP contribution >= 0.6 is 15.9 Å². The summed E-state index contributed by atoms with van der Waals surface area (Å²) in [5, 5.41) is 3.34. The first-order valence-corrected chi connectivity index (χ1v) is 5.95. The molecule has 0 radical (unpaired) electrons. The smallest absolute Gasteiger partial charge is 0.141 e. The zero-order valence-electron chi connectivity index (χ0n) is 8.29. The van der Waals surface area contributed by atoms with Crippen LogP contribution in [0.15, 0.2) is 28.7 Å². The standard InChI is InChI=1S/C12H12BrNO/c13-10-2-1-9-3-4-12(5-6-14-8-12)15-11(9)7-10/h1-4,7,14H,5-6,8H2. The van der Waals surface area contributed by atoms with Gasteiger partial charge in [0, 0.05) is 23.0 Å². The molecule has 15 heavy (non-hydrogen) atoms. The number of fused-ring (bicyclic) bond motifs is 1. The fraction of sp³-hybridized carbons (Fsp3) is 0.333. The van der Waals surface area contributed by atoms with Gasteiger partial charge in [-0.05, 0) is 24.8 Å². The molecule has 0 amide bonds. The lowest BCUT2D eigenvalue weighted by molar-refractivity contribution is 0.139. The van der Waals surface area contributed by atoms with Gasteiger partial charge in [0.15, 0.2) is 0 Å². The maximum absolute atomic E-state index is 6.08. The summed E-state index contributed by atoms with van der Waals surface area (Å²) in [5.41, 5.74) is 1.06. The number of halogens is 1. The number of nitrogens with one attached hydrogen (secondary N) is 1. The average Bonchev–Trinajstić information content (AvgIpc) is 2.66. The van der Waals surface area contributed by atoms with Crippen LogP contribution in [0.3, 0.4) is 0 Å². The fourth-order valence-corrected chi connectivity index (χ4v) is 2.49. The normalized spacial score (nSPS) is 27.8. The molecule has 1 saturated heterocycles. The number of benzene rings is 1. The van der Waals surface area contributed by atoms with Crippen molar-refractivity contribution in [2.45, 2.75) is 12.0 Å². The lowest BCUT2D eigenvalue weighted by Gasteiger charge is -2.30. The Labute approximate surface area is 97.5 Å². The largest absolute Gasteiger partial charge is 0.481 e. The highest BCUT2D eigenvalue weighted by molar-refractivity contribution is 9.10. The van der Waals surface area contributed by atoms with Crippen molar-refractivity contribution in [3.8, 4) is 5.75 Å². The topological polar surface area (TPSA) is 21.3 Å². The van der Waals surface area contributed by atoms with Gasteiger partial charge >= 0.3 is 0 Å². The van der Waals surface area contributed by atoms with E-state index < -0.39 is 0 Å². The molecule has 2 heterocycles. The summed E-state index contributed by atoms with van der Waals surface area (Å²) in [6.07, 6.45) is 5.40. The fourth-order valence-electron chi connectivity index (χ4n) is 2.15. The van der Waals surface area contributed by atoms with Crippen molar-refractivity contribution in [1.82, 2.24) is 5.32 Å². The van der Waals surface area contributed by atoms with Crippen LogP contribution in [0.2, 0.25) is 0 Å². The molecule has 78 valence electrons. The third kappa shape index (κ3) is 1.60. The minimum absolute atomic E-state index is 0.103. The van der Waals surface area contributed by atoms with Crippen LogP contribution in [0, 0.1) is 0 Å². The van der Waals surface area contributed by atoms with Crippen molar-refractivity contribution >= 4 is 22.0 Å². The van der Waals surface area contributed by atoms with Crippen LogP contribution in [0.1, 0.15) is 12.0 Å². The highest BCUT2D eigenvalue weighted by Gasteiger charge is 2.35. The molecular weight excluding hydrogens is 254 g/mol. The summed E-state index contributed by atoms with van der Waals surface area (Å²) < 4.78 is 7.15. The van der Waals surface area contributed by atoms with E-state index in [0.29, 0.717) is 0 Å². The lowest BCUT2D eigenvalue weighted by atomic mass is 9.97. The van der Waals surface area contributed by atoms with Crippen LogP contribution in [0.4, 0.5) is 0 Å². The Bertz CT molecular complexity index is 422. The average molecular weight is 266 g/mol. The Kier molecular flexibility index (Phi) is 2.11. The van der Waals surface area contributed by atoms with Crippen molar-refractivity contribution in [3.63, 3.8) is 0 Å². The number of hydrogen-bond donors (Lipinski definition) is 1. The molecule has 3 heteroatoms. The SMILES string of the molecule is Brc1ccc2c(c1)OC1(C=C2)CCNC1. The van der Waals surface area contributed by atoms with Gasteiger partial charge < -0.3 is 10.1 Å². The van der Waals surface area contributed by atoms with E-state index in [0.717, 1.165) is 35.3 Å². The van der Waals surface area contributed by atoms with E-state index in [4.69, 9.17) is 4.74 Å². The first-order valence-electron chi connectivity index (χ1n) is 5.16. The monoisotopic (exact) mass is 265 g/mol. The summed E-state index contributed by atoms with van der Waals surface area (Å²) in [4.78, 5) is 0. The predicted molar refractivity (Wildman–Crippen MR) is 64.0 cm³/mol. The van der Waals surface area contributed by atoms with E-state index in [9.17, 15) is 0 Å². The van der Waals surface area contributed by atoms with Crippen molar-refractivity contribution in [2.75, 3.05) is 13.1 Å². The summed E-state index contributed by atoms with van der Waals surface area (Å²) >= 11 is 3.47. The summed E-state index contributed by atoms with van der Waals surface area (Å²) in [7, 11) is 0. The molecule has 0 saturated carbocycles. The van der Waals surface area contributed by atoms with Crippen molar-refractivity contribution in [1.29, 1.82) is 0 Å². The second-order valence-corrected chi connectivity index (χ2v) is 5.02. The molecule has 0 aliphatic carbocycles. The summed E-state index contributed by atoms with van der Waals surface area (Å²) in [5.74, 6) is 0.982. The van der Waals surface area contributed by atoms with Crippen LogP contribution in [-0.4, -0.2) is 18.7 Å². The van der Waals surface area contributed by atoms with Gasteiger partial charge in [-0.15, -0.1) is 0 Å². The molecular formula is C12H12BrNO. The van der Waals surface area contributed by atoms with Crippen molar-refractivity contribution in [3.05, 3.63) is 34.3 Å². The Hall–Kier alpha value is -0.800. The highest BCUT2D eigenvalue weighted by atomic mass is 79.9. The minimum Gasteiger partial charge on any atom is -0.481 e. The van der Waals surface area contributed by atoms with Gasteiger partial charge in [0.25, 0.3) is 0 Å². The Morgan fingerprint density at radius 1 is 1.40 bits per heavy atom. The first kappa shape index (κ1) is 9.43.